The molecule has 2 amide bonds. The lowest BCUT2D eigenvalue weighted by Crippen LogP contribution is -2.49. The zero-order valence-corrected chi connectivity index (χ0v) is 16.3. The minimum absolute atomic E-state index is 0.131. The van der Waals surface area contributed by atoms with Crippen LogP contribution in [0.3, 0.4) is 0 Å². The lowest BCUT2D eigenvalue weighted by molar-refractivity contribution is -0.137. The second kappa shape index (κ2) is 8.04. The number of benzene rings is 1. The van der Waals surface area contributed by atoms with E-state index in [1.165, 1.54) is 32.1 Å². The van der Waals surface area contributed by atoms with E-state index in [0.29, 0.717) is 24.9 Å². The minimum atomic E-state index is -0.312. The molecule has 0 aromatic heterocycles. The van der Waals surface area contributed by atoms with Crippen LogP contribution in [0.5, 0.6) is 0 Å². The van der Waals surface area contributed by atoms with E-state index >= 15 is 0 Å². The van der Waals surface area contributed by atoms with Crippen molar-refractivity contribution in [1.82, 2.24) is 10.2 Å². The third-order valence-corrected chi connectivity index (χ3v) is 6.93. The molecule has 0 radical (unpaired) electrons. The molecule has 3 fully saturated rings. The molecule has 2 atom stereocenters. The van der Waals surface area contributed by atoms with E-state index in [-0.39, 0.29) is 11.3 Å². The molecule has 3 aliphatic rings. The van der Waals surface area contributed by atoms with Gasteiger partial charge in [-0.1, -0.05) is 43.2 Å². The number of carbonyl (C=O) groups excluding carboxylic acids is 2. The molecular weight excluding hydrogens is 336 g/mol. The molecule has 2 saturated carbocycles. The van der Waals surface area contributed by atoms with Gasteiger partial charge in [0.15, 0.2) is 0 Å². The molecular formula is C23H32N2O2. The number of likely N-dealkylation sites (tertiary alicyclic amines) is 1. The van der Waals surface area contributed by atoms with Crippen LogP contribution in [0.1, 0.15) is 69.8 Å². The molecule has 1 aromatic carbocycles. The van der Waals surface area contributed by atoms with Crippen LogP contribution in [0, 0.1) is 5.92 Å². The van der Waals surface area contributed by atoms with Gasteiger partial charge in [0, 0.05) is 25.6 Å². The lowest BCUT2D eigenvalue weighted by atomic mass is 9.78. The van der Waals surface area contributed by atoms with Gasteiger partial charge in [0.2, 0.25) is 11.8 Å². The number of piperidine rings is 1. The first-order chi connectivity index (χ1) is 13.2. The summed E-state index contributed by atoms with van der Waals surface area (Å²) in [5.74, 6) is 1.16. The predicted molar refractivity (Wildman–Crippen MR) is 106 cm³/mol. The average Bonchev–Trinajstić information content (AvgIpc) is 3.53. The van der Waals surface area contributed by atoms with E-state index < -0.39 is 0 Å². The number of nitrogens with zero attached hydrogens (tertiary/aromatic N) is 1. The van der Waals surface area contributed by atoms with Gasteiger partial charge in [-0.25, -0.2) is 0 Å². The highest BCUT2D eigenvalue weighted by atomic mass is 16.2. The molecule has 4 heteroatoms. The zero-order chi connectivity index (χ0) is 18.7. The van der Waals surface area contributed by atoms with Gasteiger partial charge in [0.1, 0.15) is 0 Å². The van der Waals surface area contributed by atoms with Gasteiger partial charge in [0.05, 0.1) is 5.41 Å². The summed E-state index contributed by atoms with van der Waals surface area (Å²) < 4.78 is 0. The van der Waals surface area contributed by atoms with E-state index in [1.807, 2.05) is 30.3 Å². The van der Waals surface area contributed by atoms with Gasteiger partial charge in [0.25, 0.3) is 0 Å². The number of hydrogen-bond acceptors (Lipinski definition) is 2. The Kier molecular flexibility index (Phi) is 5.51. The quantitative estimate of drug-likeness (QED) is 0.777. The number of amides is 2. The number of nitrogens with one attached hydrogen (secondary N) is 1. The van der Waals surface area contributed by atoms with Crippen LogP contribution in [0.15, 0.2) is 30.3 Å². The molecule has 146 valence electrons. The van der Waals surface area contributed by atoms with E-state index in [1.54, 1.807) is 0 Å². The third-order valence-electron chi connectivity index (χ3n) is 6.93. The molecule has 1 saturated heterocycles. The Bertz CT molecular complexity index is 666. The largest absolute Gasteiger partial charge is 0.355 e. The van der Waals surface area contributed by atoms with Crippen LogP contribution >= 0.6 is 0 Å². The predicted octanol–water partition coefficient (Wildman–Crippen LogP) is 3.80. The van der Waals surface area contributed by atoms with Gasteiger partial charge in [-0.2, -0.15) is 0 Å². The second-order valence-corrected chi connectivity index (χ2v) is 8.65. The maximum Gasteiger partial charge on any atom is 0.230 e. The highest BCUT2D eigenvalue weighted by Gasteiger charge is 2.50. The van der Waals surface area contributed by atoms with Crippen molar-refractivity contribution in [3.63, 3.8) is 0 Å². The summed E-state index contributed by atoms with van der Waals surface area (Å²) in [6.45, 7) is 1.53. The number of fused-ring (bicyclic) bond motifs is 1. The van der Waals surface area contributed by atoms with E-state index in [2.05, 4.69) is 10.2 Å². The van der Waals surface area contributed by atoms with Gasteiger partial charge in [-0.3, -0.25) is 9.59 Å². The molecule has 2 unspecified atom stereocenters. The molecule has 27 heavy (non-hydrogen) atoms. The minimum Gasteiger partial charge on any atom is -0.355 e. The Morgan fingerprint density at radius 3 is 2.56 bits per heavy atom. The third kappa shape index (κ3) is 3.90. The van der Waals surface area contributed by atoms with Crippen molar-refractivity contribution in [2.75, 3.05) is 13.1 Å². The summed E-state index contributed by atoms with van der Waals surface area (Å²) >= 11 is 0. The highest BCUT2D eigenvalue weighted by molar-refractivity contribution is 5.91. The smallest absolute Gasteiger partial charge is 0.230 e. The Balaban J connectivity index is 1.23. The fourth-order valence-corrected chi connectivity index (χ4v) is 5.22. The molecule has 0 spiro atoms. The number of carbonyl (C=O) groups is 2. The van der Waals surface area contributed by atoms with Crippen LogP contribution in [0.2, 0.25) is 0 Å². The molecule has 0 bridgehead atoms. The summed E-state index contributed by atoms with van der Waals surface area (Å²) in [5.41, 5.74) is 0.809. The Morgan fingerprint density at radius 2 is 1.78 bits per heavy atom. The summed E-state index contributed by atoms with van der Waals surface area (Å²) in [6, 6.07) is 10.6. The lowest BCUT2D eigenvalue weighted by Gasteiger charge is -2.44. The van der Waals surface area contributed by atoms with Crippen molar-refractivity contribution < 1.29 is 9.59 Å². The first-order valence-corrected chi connectivity index (χ1v) is 10.8. The second-order valence-electron chi connectivity index (χ2n) is 8.65. The van der Waals surface area contributed by atoms with Gasteiger partial charge in [-0.05, 0) is 56.4 Å². The van der Waals surface area contributed by atoms with Crippen molar-refractivity contribution >= 4 is 11.8 Å². The Morgan fingerprint density at radius 1 is 1.04 bits per heavy atom. The summed E-state index contributed by atoms with van der Waals surface area (Å²) in [4.78, 5) is 27.6. The maximum atomic E-state index is 12.7. The van der Waals surface area contributed by atoms with E-state index in [0.717, 1.165) is 43.7 Å². The Labute approximate surface area is 162 Å². The normalized spacial score (nSPS) is 26.1. The first-order valence-electron chi connectivity index (χ1n) is 10.8. The van der Waals surface area contributed by atoms with Crippen LogP contribution in [0.25, 0.3) is 0 Å². The first kappa shape index (κ1) is 18.5. The monoisotopic (exact) mass is 368 g/mol. The van der Waals surface area contributed by atoms with Crippen LogP contribution in [-0.4, -0.2) is 35.8 Å². The van der Waals surface area contributed by atoms with Crippen molar-refractivity contribution in [2.45, 2.75) is 75.7 Å². The molecule has 4 nitrogen and oxygen atoms in total. The van der Waals surface area contributed by atoms with Crippen LogP contribution in [-0.2, 0) is 15.0 Å². The van der Waals surface area contributed by atoms with Crippen molar-refractivity contribution in [3.8, 4) is 0 Å². The van der Waals surface area contributed by atoms with Crippen molar-refractivity contribution in [1.29, 1.82) is 0 Å². The van der Waals surface area contributed by atoms with Gasteiger partial charge in [-0.15, -0.1) is 0 Å². The highest BCUT2D eigenvalue weighted by Crippen LogP contribution is 2.48. The SMILES string of the molecule is O=C(CCCNC(=O)C1(c2ccccc2)CC1)N1CCCC2CCCCC21. The van der Waals surface area contributed by atoms with Crippen molar-refractivity contribution in [2.24, 2.45) is 5.92 Å². The summed E-state index contributed by atoms with van der Waals surface area (Å²) in [6.07, 6.45) is 10.7. The molecule has 1 heterocycles. The van der Waals surface area contributed by atoms with Gasteiger partial charge >= 0.3 is 0 Å². The molecule has 1 aromatic rings. The standard InChI is InChI=1S/C23H32N2O2/c26-21(25-17-7-9-18-8-4-5-12-20(18)25)13-6-16-24-22(27)23(14-15-23)19-10-2-1-3-11-19/h1-3,10-11,18,20H,4-9,12-17H2,(H,24,27). The van der Waals surface area contributed by atoms with Crippen LogP contribution < -0.4 is 5.32 Å². The van der Waals surface area contributed by atoms with Crippen LogP contribution in [0.4, 0.5) is 0 Å². The van der Waals surface area contributed by atoms with Crippen molar-refractivity contribution in [3.05, 3.63) is 35.9 Å². The van der Waals surface area contributed by atoms with E-state index in [4.69, 9.17) is 0 Å². The molecule has 4 rings (SSSR count). The fourth-order valence-electron chi connectivity index (χ4n) is 5.22. The molecule has 2 aliphatic carbocycles. The zero-order valence-electron chi connectivity index (χ0n) is 16.3. The Hall–Kier alpha value is -1.84. The summed E-state index contributed by atoms with van der Waals surface area (Å²) in [7, 11) is 0. The molecule has 1 N–H and O–H groups in total. The summed E-state index contributed by atoms with van der Waals surface area (Å²) in [5, 5.41) is 3.09. The fraction of sp³-hybridized carbons (Fsp3) is 0.652. The average molecular weight is 369 g/mol. The maximum absolute atomic E-state index is 12.7. The topological polar surface area (TPSA) is 49.4 Å². The van der Waals surface area contributed by atoms with Gasteiger partial charge < -0.3 is 10.2 Å². The number of hydrogen-bond donors (Lipinski definition) is 1. The molecule has 1 aliphatic heterocycles. The van der Waals surface area contributed by atoms with E-state index in [9.17, 15) is 9.59 Å². The number of rotatable bonds is 6.